The van der Waals surface area contributed by atoms with Gasteiger partial charge in [-0.2, -0.15) is 0 Å². The van der Waals surface area contributed by atoms with E-state index in [2.05, 4.69) is 12.2 Å². The summed E-state index contributed by atoms with van der Waals surface area (Å²) in [5, 5.41) is 3.62. The Hall–Kier alpha value is -0.120. The standard InChI is InChI=1S/C12H23NO2/c1-12(6-3-7-15-12)9-13-11(8-14-2)10-4-5-10/h10-11,13H,3-9H2,1-2H3. The van der Waals surface area contributed by atoms with Crippen LogP contribution in [-0.2, 0) is 9.47 Å². The molecule has 0 amide bonds. The Balaban J connectivity index is 1.74. The third-order valence-electron chi connectivity index (χ3n) is 3.58. The Bertz CT molecular complexity index is 198. The monoisotopic (exact) mass is 213 g/mol. The van der Waals surface area contributed by atoms with Gasteiger partial charge in [0.25, 0.3) is 0 Å². The largest absolute Gasteiger partial charge is 0.383 e. The second kappa shape index (κ2) is 4.81. The predicted molar refractivity (Wildman–Crippen MR) is 60.0 cm³/mol. The molecule has 2 fully saturated rings. The third kappa shape index (κ3) is 3.16. The van der Waals surface area contributed by atoms with Crippen LogP contribution in [0.25, 0.3) is 0 Å². The van der Waals surface area contributed by atoms with Gasteiger partial charge in [0.05, 0.1) is 12.2 Å². The van der Waals surface area contributed by atoms with Crippen molar-refractivity contribution in [1.29, 1.82) is 0 Å². The Morgan fingerprint density at radius 2 is 2.33 bits per heavy atom. The fourth-order valence-electron chi connectivity index (χ4n) is 2.36. The molecule has 0 spiro atoms. The lowest BCUT2D eigenvalue weighted by molar-refractivity contribution is 0.0153. The van der Waals surface area contributed by atoms with Crippen LogP contribution in [0, 0.1) is 5.92 Å². The van der Waals surface area contributed by atoms with Crippen LogP contribution < -0.4 is 5.32 Å². The number of methoxy groups -OCH3 is 1. The van der Waals surface area contributed by atoms with Crippen molar-refractivity contribution < 1.29 is 9.47 Å². The van der Waals surface area contributed by atoms with E-state index in [1.54, 1.807) is 7.11 Å². The molecule has 1 N–H and O–H groups in total. The van der Waals surface area contributed by atoms with Gasteiger partial charge in [0.2, 0.25) is 0 Å². The minimum Gasteiger partial charge on any atom is -0.383 e. The molecule has 0 aromatic heterocycles. The Labute approximate surface area is 92.5 Å². The van der Waals surface area contributed by atoms with Crippen LogP contribution >= 0.6 is 0 Å². The minimum absolute atomic E-state index is 0.0703. The molecule has 1 saturated carbocycles. The number of hydrogen-bond acceptors (Lipinski definition) is 3. The summed E-state index contributed by atoms with van der Waals surface area (Å²) in [6, 6.07) is 0.538. The maximum atomic E-state index is 5.77. The number of ether oxygens (including phenoxy) is 2. The van der Waals surface area contributed by atoms with Crippen LogP contribution in [0.3, 0.4) is 0 Å². The topological polar surface area (TPSA) is 30.5 Å². The number of rotatable bonds is 6. The summed E-state index contributed by atoms with van der Waals surface area (Å²) in [5.41, 5.74) is 0.0703. The lowest BCUT2D eigenvalue weighted by atomic mass is 10.0. The third-order valence-corrected chi connectivity index (χ3v) is 3.58. The normalized spacial score (nSPS) is 33.2. The van der Waals surface area contributed by atoms with Crippen molar-refractivity contribution in [3.05, 3.63) is 0 Å². The van der Waals surface area contributed by atoms with Crippen molar-refractivity contribution in [1.82, 2.24) is 5.32 Å². The van der Waals surface area contributed by atoms with E-state index >= 15 is 0 Å². The lowest BCUT2D eigenvalue weighted by Crippen LogP contribution is -2.44. The van der Waals surface area contributed by atoms with E-state index in [9.17, 15) is 0 Å². The van der Waals surface area contributed by atoms with Gasteiger partial charge >= 0.3 is 0 Å². The highest BCUT2D eigenvalue weighted by atomic mass is 16.5. The first-order chi connectivity index (χ1) is 7.23. The number of nitrogens with one attached hydrogen (secondary N) is 1. The fraction of sp³-hybridized carbons (Fsp3) is 1.00. The maximum absolute atomic E-state index is 5.77. The Morgan fingerprint density at radius 3 is 2.87 bits per heavy atom. The zero-order valence-electron chi connectivity index (χ0n) is 9.92. The van der Waals surface area contributed by atoms with Crippen LogP contribution in [0.1, 0.15) is 32.6 Å². The molecule has 0 radical (unpaired) electrons. The molecule has 88 valence electrons. The molecule has 15 heavy (non-hydrogen) atoms. The Kier molecular flexibility index (Phi) is 3.65. The smallest absolute Gasteiger partial charge is 0.0779 e. The number of hydrogen-bond donors (Lipinski definition) is 1. The predicted octanol–water partition coefficient (Wildman–Crippen LogP) is 1.57. The molecule has 2 rings (SSSR count). The van der Waals surface area contributed by atoms with Crippen molar-refractivity contribution in [3.63, 3.8) is 0 Å². The molecule has 0 bridgehead atoms. The van der Waals surface area contributed by atoms with E-state index in [1.807, 2.05) is 0 Å². The van der Waals surface area contributed by atoms with Crippen LogP contribution in [0.4, 0.5) is 0 Å². The van der Waals surface area contributed by atoms with Crippen molar-refractivity contribution in [3.8, 4) is 0 Å². The SMILES string of the molecule is COCC(NCC1(C)CCCO1)C1CC1. The van der Waals surface area contributed by atoms with E-state index in [-0.39, 0.29) is 5.60 Å². The van der Waals surface area contributed by atoms with Crippen molar-refractivity contribution >= 4 is 0 Å². The summed E-state index contributed by atoms with van der Waals surface area (Å²) in [6.45, 7) is 4.94. The summed E-state index contributed by atoms with van der Waals surface area (Å²) < 4.78 is 11.0. The zero-order valence-corrected chi connectivity index (χ0v) is 9.92. The fourth-order valence-corrected chi connectivity index (χ4v) is 2.36. The molecule has 1 saturated heterocycles. The summed E-state index contributed by atoms with van der Waals surface area (Å²) >= 11 is 0. The average molecular weight is 213 g/mol. The van der Waals surface area contributed by atoms with Gasteiger partial charge in [-0.05, 0) is 38.5 Å². The quantitative estimate of drug-likeness (QED) is 0.726. The molecular weight excluding hydrogens is 190 g/mol. The molecule has 2 aliphatic rings. The zero-order chi connectivity index (χ0) is 10.7. The van der Waals surface area contributed by atoms with Crippen LogP contribution in [0.15, 0.2) is 0 Å². The van der Waals surface area contributed by atoms with Crippen LogP contribution in [0.2, 0.25) is 0 Å². The molecule has 2 unspecified atom stereocenters. The molecule has 1 aliphatic heterocycles. The van der Waals surface area contributed by atoms with Crippen LogP contribution in [-0.4, -0.2) is 38.5 Å². The molecule has 3 nitrogen and oxygen atoms in total. The molecule has 1 aliphatic carbocycles. The molecule has 1 heterocycles. The van der Waals surface area contributed by atoms with Gasteiger partial charge in [0, 0.05) is 26.3 Å². The molecule has 2 atom stereocenters. The summed E-state index contributed by atoms with van der Waals surface area (Å²) in [6.07, 6.45) is 5.11. The van der Waals surface area contributed by atoms with Crippen molar-refractivity contribution in [2.45, 2.75) is 44.2 Å². The summed E-state index contributed by atoms with van der Waals surface area (Å²) in [4.78, 5) is 0. The van der Waals surface area contributed by atoms with Gasteiger partial charge in [-0.1, -0.05) is 0 Å². The van der Waals surface area contributed by atoms with E-state index in [0.29, 0.717) is 6.04 Å². The first-order valence-corrected chi connectivity index (χ1v) is 6.10. The van der Waals surface area contributed by atoms with E-state index < -0.39 is 0 Å². The summed E-state index contributed by atoms with van der Waals surface area (Å²) in [5.74, 6) is 0.843. The van der Waals surface area contributed by atoms with Crippen LogP contribution in [0.5, 0.6) is 0 Å². The Morgan fingerprint density at radius 1 is 1.53 bits per heavy atom. The first-order valence-electron chi connectivity index (χ1n) is 6.10. The van der Waals surface area contributed by atoms with E-state index in [0.717, 1.165) is 25.7 Å². The van der Waals surface area contributed by atoms with Gasteiger partial charge in [-0.15, -0.1) is 0 Å². The minimum atomic E-state index is 0.0703. The second-order valence-electron chi connectivity index (χ2n) is 5.18. The second-order valence-corrected chi connectivity index (χ2v) is 5.18. The highest BCUT2D eigenvalue weighted by molar-refractivity contribution is 4.90. The highest BCUT2D eigenvalue weighted by Crippen LogP contribution is 2.33. The first kappa shape index (κ1) is 11.4. The van der Waals surface area contributed by atoms with Gasteiger partial charge in [-0.3, -0.25) is 0 Å². The lowest BCUT2D eigenvalue weighted by Gasteiger charge is -2.27. The average Bonchev–Trinajstić information content (AvgIpc) is 2.97. The highest BCUT2D eigenvalue weighted by Gasteiger charge is 2.34. The van der Waals surface area contributed by atoms with Crippen molar-refractivity contribution in [2.75, 3.05) is 26.9 Å². The van der Waals surface area contributed by atoms with E-state index in [4.69, 9.17) is 9.47 Å². The molecule has 0 aromatic carbocycles. The van der Waals surface area contributed by atoms with Gasteiger partial charge in [-0.25, -0.2) is 0 Å². The van der Waals surface area contributed by atoms with Crippen molar-refractivity contribution in [2.24, 2.45) is 5.92 Å². The molecule has 3 heteroatoms. The summed E-state index contributed by atoms with van der Waals surface area (Å²) in [7, 11) is 1.78. The molecular formula is C12H23NO2. The molecule has 0 aromatic rings. The van der Waals surface area contributed by atoms with Gasteiger partial charge in [0.15, 0.2) is 0 Å². The van der Waals surface area contributed by atoms with Gasteiger partial charge < -0.3 is 14.8 Å². The van der Waals surface area contributed by atoms with E-state index in [1.165, 1.54) is 25.7 Å². The maximum Gasteiger partial charge on any atom is 0.0779 e. The van der Waals surface area contributed by atoms with Gasteiger partial charge in [0.1, 0.15) is 0 Å².